The monoisotopic (exact) mass is 335 g/mol. The first-order valence-electron chi connectivity index (χ1n) is 8.05. The fourth-order valence-electron chi connectivity index (χ4n) is 2.32. The number of hydrogen-bond donors (Lipinski definition) is 0. The van der Waals surface area contributed by atoms with Gasteiger partial charge in [-0.15, -0.1) is 0 Å². The molecule has 0 heterocycles. The zero-order chi connectivity index (χ0) is 18.2. The van der Waals surface area contributed by atoms with E-state index in [2.05, 4.69) is 13.8 Å². The summed E-state index contributed by atoms with van der Waals surface area (Å²) >= 11 is 0. The summed E-state index contributed by atoms with van der Waals surface area (Å²) in [6.45, 7) is 4.19. The van der Waals surface area contributed by atoms with Gasteiger partial charge >= 0.3 is 0 Å². The summed E-state index contributed by atoms with van der Waals surface area (Å²) in [5.41, 5.74) is 2.67. The van der Waals surface area contributed by atoms with Crippen LogP contribution >= 0.6 is 0 Å². The van der Waals surface area contributed by atoms with Gasteiger partial charge in [0.05, 0.1) is 7.11 Å². The molecule has 0 amide bonds. The molecule has 0 aliphatic rings. The molecular weight excluding hydrogens is 314 g/mol. The summed E-state index contributed by atoms with van der Waals surface area (Å²) in [5.74, 6) is 1.40. The molecule has 0 atom stereocenters. The number of nitrogens with zero attached hydrogens (tertiary/aromatic N) is 1. The molecule has 0 aromatic heterocycles. The van der Waals surface area contributed by atoms with Crippen molar-refractivity contribution in [3.05, 3.63) is 65.2 Å². The zero-order valence-corrected chi connectivity index (χ0v) is 14.7. The number of carbonyl (C=O) groups excluding carboxylic acids is 1. The van der Waals surface area contributed by atoms with E-state index >= 15 is 0 Å². The third-order valence-electron chi connectivity index (χ3n) is 3.77. The van der Waals surface area contributed by atoms with Gasteiger partial charge in [0.1, 0.15) is 6.07 Å². The molecule has 0 N–H and O–H groups in total. The molecule has 0 aliphatic heterocycles. The van der Waals surface area contributed by atoms with Gasteiger partial charge in [-0.2, -0.15) is 5.26 Å². The van der Waals surface area contributed by atoms with E-state index < -0.39 is 0 Å². The van der Waals surface area contributed by atoms with E-state index in [-0.39, 0.29) is 12.4 Å². The molecule has 0 saturated heterocycles. The van der Waals surface area contributed by atoms with Crippen LogP contribution in [0, 0.1) is 11.3 Å². The van der Waals surface area contributed by atoms with Gasteiger partial charge in [0.25, 0.3) is 0 Å². The number of carbonyl (C=O) groups is 1. The van der Waals surface area contributed by atoms with Crippen molar-refractivity contribution >= 4 is 11.9 Å². The van der Waals surface area contributed by atoms with Crippen LogP contribution in [-0.4, -0.2) is 19.5 Å². The third-order valence-corrected chi connectivity index (χ3v) is 3.77. The van der Waals surface area contributed by atoms with Crippen molar-refractivity contribution in [2.45, 2.75) is 19.8 Å². The molecular formula is C21H21NO3. The van der Waals surface area contributed by atoms with Crippen LogP contribution in [0.3, 0.4) is 0 Å². The molecule has 0 bridgehead atoms. The molecule has 0 aliphatic carbocycles. The van der Waals surface area contributed by atoms with E-state index in [1.165, 1.54) is 18.7 Å². The van der Waals surface area contributed by atoms with E-state index in [0.717, 1.165) is 5.56 Å². The third kappa shape index (κ3) is 4.95. The minimum atomic E-state index is -0.0564. The Labute approximate surface area is 148 Å². The quantitative estimate of drug-likeness (QED) is 0.547. The summed E-state index contributed by atoms with van der Waals surface area (Å²) < 4.78 is 10.5. The molecule has 4 nitrogen and oxygen atoms in total. The molecule has 0 fully saturated rings. The topological polar surface area (TPSA) is 59.3 Å². The molecule has 2 aromatic rings. The number of methoxy groups -OCH3 is 1. The summed E-state index contributed by atoms with van der Waals surface area (Å²) in [5, 5.41) is 8.58. The van der Waals surface area contributed by atoms with Crippen molar-refractivity contribution in [3.8, 4) is 17.6 Å². The Hall–Kier alpha value is -3.06. The second-order valence-corrected chi connectivity index (χ2v) is 5.83. The Morgan fingerprint density at radius 2 is 1.88 bits per heavy atom. The van der Waals surface area contributed by atoms with Crippen molar-refractivity contribution in [2.75, 3.05) is 13.7 Å². The molecule has 2 rings (SSSR count). The lowest BCUT2D eigenvalue weighted by atomic mass is 10.0. The number of ether oxygens (including phenoxy) is 2. The fraction of sp³-hybridized carbons (Fsp3) is 0.238. The summed E-state index contributed by atoms with van der Waals surface area (Å²) in [6, 6.07) is 14.9. The molecule has 0 unspecified atom stereocenters. The Kier molecular flexibility index (Phi) is 6.36. The highest BCUT2D eigenvalue weighted by molar-refractivity contribution is 6.06. The molecule has 25 heavy (non-hydrogen) atoms. The maximum atomic E-state index is 12.3. The lowest BCUT2D eigenvalue weighted by Crippen LogP contribution is -1.97. The standard InChI is InChI=1S/C21H21NO3/c1-15(2)17-6-8-18(9-7-17)19(23)10-4-16-5-11-20(25-13-12-22)21(14-16)24-3/h4-11,14-15H,13H2,1-3H3/b10-4+. The van der Waals surface area contributed by atoms with Gasteiger partial charge in [0.15, 0.2) is 23.9 Å². The van der Waals surface area contributed by atoms with Crippen molar-refractivity contribution in [1.29, 1.82) is 5.26 Å². The molecule has 2 aromatic carbocycles. The van der Waals surface area contributed by atoms with Crippen LogP contribution in [0.15, 0.2) is 48.5 Å². The first kappa shape index (κ1) is 18.3. The van der Waals surface area contributed by atoms with Crippen LogP contribution in [-0.2, 0) is 0 Å². The van der Waals surface area contributed by atoms with Crippen molar-refractivity contribution < 1.29 is 14.3 Å². The number of ketones is 1. The van der Waals surface area contributed by atoms with E-state index in [4.69, 9.17) is 14.7 Å². The van der Waals surface area contributed by atoms with Gasteiger partial charge < -0.3 is 9.47 Å². The molecule has 0 saturated carbocycles. The highest BCUT2D eigenvalue weighted by atomic mass is 16.5. The van der Waals surface area contributed by atoms with Crippen molar-refractivity contribution in [2.24, 2.45) is 0 Å². The molecule has 128 valence electrons. The van der Waals surface area contributed by atoms with E-state index in [1.807, 2.05) is 30.3 Å². The first-order chi connectivity index (χ1) is 12.0. The van der Waals surface area contributed by atoms with Gasteiger partial charge in [0, 0.05) is 5.56 Å². The van der Waals surface area contributed by atoms with Gasteiger partial charge in [-0.05, 0) is 35.3 Å². The molecule has 4 heteroatoms. The zero-order valence-electron chi connectivity index (χ0n) is 14.7. The Balaban J connectivity index is 2.12. The lowest BCUT2D eigenvalue weighted by Gasteiger charge is -2.08. The van der Waals surface area contributed by atoms with Crippen LogP contribution < -0.4 is 9.47 Å². The van der Waals surface area contributed by atoms with Gasteiger partial charge in [-0.25, -0.2) is 0 Å². The van der Waals surface area contributed by atoms with Gasteiger partial charge in [-0.1, -0.05) is 50.3 Å². The van der Waals surface area contributed by atoms with Crippen LogP contribution in [0.1, 0.15) is 41.3 Å². The van der Waals surface area contributed by atoms with E-state index in [0.29, 0.717) is 23.0 Å². The molecule has 0 radical (unpaired) electrons. The number of nitriles is 1. The normalized spacial score (nSPS) is 10.7. The summed E-state index contributed by atoms with van der Waals surface area (Å²) in [4.78, 5) is 12.3. The number of benzene rings is 2. The van der Waals surface area contributed by atoms with Crippen molar-refractivity contribution in [1.82, 2.24) is 0 Å². The van der Waals surface area contributed by atoms with E-state index in [1.54, 1.807) is 24.3 Å². The Morgan fingerprint density at radius 1 is 1.16 bits per heavy atom. The van der Waals surface area contributed by atoms with Gasteiger partial charge in [0.2, 0.25) is 0 Å². The summed E-state index contributed by atoms with van der Waals surface area (Å²) in [7, 11) is 1.53. The molecule has 0 spiro atoms. The minimum Gasteiger partial charge on any atom is -0.493 e. The second kappa shape index (κ2) is 8.70. The Bertz CT molecular complexity index is 799. The number of rotatable bonds is 7. The van der Waals surface area contributed by atoms with Crippen LogP contribution in [0.5, 0.6) is 11.5 Å². The highest BCUT2D eigenvalue weighted by Gasteiger charge is 2.06. The predicted molar refractivity (Wildman–Crippen MR) is 98.0 cm³/mol. The average molecular weight is 335 g/mol. The van der Waals surface area contributed by atoms with Crippen LogP contribution in [0.4, 0.5) is 0 Å². The predicted octanol–water partition coefficient (Wildman–Crippen LogP) is 4.62. The smallest absolute Gasteiger partial charge is 0.185 e. The largest absolute Gasteiger partial charge is 0.493 e. The number of allylic oxidation sites excluding steroid dienone is 1. The summed E-state index contributed by atoms with van der Waals surface area (Å²) in [6.07, 6.45) is 3.27. The van der Waals surface area contributed by atoms with Crippen LogP contribution in [0.25, 0.3) is 6.08 Å². The maximum absolute atomic E-state index is 12.3. The maximum Gasteiger partial charge on any atom is 0.185 e. The Morgan fingerprint density at radius 3 is 2.48 bits per heavy atom. The van der Waals surface area contributed by atoms with E-state index in [9.17, 15) is 4.79 Å². The van der Waals surface area contributed by atoms with Gasteiger partial charge in [-0.3, -0.25) is 4.79 Å². The fourth-order valence-corrected chi connectivity index (χ4v) is 2.32. The van der Waals surface area contributed by atoms with Crippen molar-refractivity contribution in [3.63, 3.8) is 0 Å². The first-order valence-corrected chi connectivity index (χ1v) is 8.05. The average Bonchev–Trinajstić information content (AvgIpc) is 2.64. The highest BCUT2D eigenvalue weighted by Crippen LogP contribution is 2.28. The second-order valence-electron chi connectivity index (χ2n) is 5.83. The lowest BCUT2D eigenvalue weighted by molar-refractivity contribution is 0.104. The van der Waals surface area contributed by atoms with Crippen LogP contribution in [0.2, 0.25) is 0 Å². The minimum absolute atomic E-state index is 0.0452. The SMILES string of the molecule is COc1cc(/C=C/C(=O)c2ccc(C(C)C)cc2)ccc1OCC#N. The number of hydrogen-bond acceptors (Lipinski definition) is 4.